The minimum Gasteiger partial charge on any atom is -0.336 e. The molecular weight excluding hydrogens is 280 g/mol. The number of fused-ring (bicyclic) bond motifs is 2. The molecule has 5 heteroatoms. The largest absolute Gasteiger partial charge is 0.336 e. The zero-order valence-electron chi connectivity index (χ0n) is 13.0. The summed E-state index contributed by atoms with van der Waals surface area (Å²) in [4.78, 5) is 17.2. The van der Waals surface area contributed by atoms with Crippen LogP contribution in [0.5, 0.6) is 0 Å². The summed E-state index contributed by atoms with van der Waals surface area (Å²) >= 11 is 0. The van der Waals surface area contributed by atoms with Crippen LogP contribution in [0.15, 0.2) is 24.3 Å². The number of para-hydroxylation sites is 1. The zero-order valence-corrected chi connectivity index (χ0v) is 13.0. The number of piperidine rings is 1. The van der Waals surface area contributed by atoms with Crippen LogP contribution in [0.25, 0.3) is 0 Å². The van der Waals surface area contributed by atoms with Crippen LogP contribution in [0, 0.1) is 5.92 Å². The van der Waals surface area contributed by atoms with Crippen molar-refractivity contribution in [1.29, 1.82) is 0 Å². The highest BCUT2D eigenvalue weighted by Crippen LogP contribution is 2.45. The number of benzene rings is 1. The van der Waals surface area contributed by atoms with Gasteiger partial charge in [0.1, 0.15) is 0 Å². The van der Waals surface area contributed by atoms with Crippen LogP contribution in [0.2, 0.25) is 0 Å². The molecule has 1 amide bonds. The minimum absolute atomic E-state index is 0.0789. The van der Waals surface area contributed by atoms with E-state index in [1.165, 1.54) is 12.8 Å². The molecule has 1 aromatic rings. The van der Waals surface area contributed by atoms with Gasteiger partial charge in [0.25, 0.3) is 11.7 Å². The van der Waals surface area contributed by atoms with Crippen molar-refractivity contribution in [1.82, 2.24) is 4.90 Å². The topological polar surface area (TPSA) is 42.0 Å². The van der Waals surface area contributed by atoms with Gasteiger partial charge in [-0.15, -0.1) is 0 Å². The average Bonchev–Trinajstić information content (AvgIpc) is 3.11. The van der Waals surface area contributed by atoms with Gasteiger partial charge in [0.15, 0.2) is 0 Å². The van der Waals surface area contributed by atoms with E-state index in [4.69, 9.17) is 9.47 Å². The predicted molar refractivity (Wildman–Crippen MR) is 82.3 cm³/mol. The Morgan fingerprint density at radius 1 is 1.18 bits per heavy atom. The summed E-state index contributed by atoms with van der Waals surface area (Å²) in [7, 11) is 0. The van der Waals surface area contributed by atoms with Crippen molar-refractivity contribution < 1.29 is 14.3 Å². The molecule has 118 valence electrons. The molecule has 2 fully saturated rings. The van der Waals surface area contributed by atoms with E-state index in [9.17, 15) is 4.79 Å². The van der Waals surface area contributed by atoms with Gasteiger partial charge in [-0.3, -0.25) is 14.6 Å². The molecule has 5 nitrogen and oxygen atoms in total. The average molecular weight is 302 g/mol. The lowest BCUT2D eigenvalue weighted by Gasteiger charge is -2.33. The summed E-state index contributed by atoms with van der Waals surface area (Å²) in [5.74, 6) is -0.491. The molecule has 0 aromatic heterocycles. The van der Waals surface area contributed by atoms with Crippen LogP contribution < -0.4 is 4.90 Å². The molecule has 0 unspecified atom stereocenters. The number of hydrogen-bond acceptors (Lipinski definition) is 4. The van der Waals surface area contributed by atoms with Crippen LogP contribution in [0.4, 0.5) is 5.69 Å². The number of nitrogens with zero attached hydrogens (tertiary/aromatic N) is 2. The first-order chi connectivity index (χ1) is 10.7. The summed E-state index contributed by atoms with van der Waals surface area (Å²) in [5, 5.41) is 0. The quantitative estimate of drug-likeness (QED) is 0.837. The molecule has 0 bridgehead atoms. The van der Waals surface area contributed by atoms with E-state index in [0.29, 0.717) is 19.9 Å². The highest BCUT2D eigenvalue weighted by molar-refractivity contribution is 6.06. The molecule has 0 saturated carbocycles. The third-order valence-electron chi connectivity index (χ3n) is 4.99. The van der Waals surface area contributed by atoms with Gasteiger partial charge in [0.05, 0.1) is 25.6 Å². The van der Waals surface area contributed by atoms with Gasteiger partial charge in [-0.2, -0.15) is 0 Å². The number of likely N-dealkylation sites (tertiary alicyclic amines) is 1. The summed E-state index contributed by atoms with van der Waals surface area (Å²) in [6.07, 6.45) is 2.39. The van der Waals surface area contributed by atoms with Crippen molar-refractivity contribution in [2.75, 3.05) is 37.9 Å². The van der Waals surface area contributed by atoms with Crippen molar-refractivity contribution in [3.8, 4) is 0 Å². The molecule has 1 aromatic carbocycles. The SMILES string of the molecule is CC1CCN(CN2C(=O)C3(OCCO3)c3ccccc32)CC1. The number of carbonyl (C=O) groups excluding carboxylic acids is 1. The third kappa shape index (κ3) is 2.07. The zero-order chi connectivity index (χ0) is 15.2. The first-order valence-electron chi connectivity index (χ1n) is 8.12. The monoisotopic (exact) mass is 302 g/mol. The fourth-order valence-electron chi connectivity index (χ4n) is 3.62. The second-order valence-corrected chi connectivity index (χ2v) is 6.51. The number of rotatable bonds is 2. The second kappa shape index (κ2) is 5.33. The van der Waals surface area contributed by atoms with E-state index in [-0.39, 0.29) is 5.91 Å². The molecule has 0 radical (unpaired) electrons. The highest BCUT2D eigenvalue weighted by Gasteiger charge is 2.56. The van der Waals surface area contributed by atoms with Gasteiger partial charge < -0.3 is 9.47 Å². The Hall–Kier alpha value is -1.43. The van der Waals surface area contributed by atoms with Crippen LogP contribution >= 0.6 is 0 Å². The number of carbonyl (C=O) groups is 1. The van der Waals surface area contributed by atoms with E-state index >= 15 is 0 Å². The second-order valence-electron chi connectivity index (χ2n) is 6.51. The first-order valence-corrected chi connectivity index (χ1v) is 8.12. The Morgan fingerprint density at radius 3 is 2.59 bits per heavy atom. The molecule has 1 spiro atoms. The standard InChI is InChI=1S/C17H22N2O3/c1-13-6-8-18(9-7-13)12-19-15-5-3-2-4-14(15)17(16(19)20)21-10-11-22-17/h2-5,13H,6-12H2,1H3. The van der Waals surface area contributed by atoms with Crippen LogP contribution in [-0.2, 0) is 20.1 Å². The van der Waals surface area contributed by atoms with E-state index in [1.54, 1.807) is 0 Å². The Bertz CT molecular complexity index is 575. The summed E-state index contributed by atoms with van der Waals surface area (Å²) < 4.78 is 11.5. The molecule has 22 heavy (non-hydrogen) atoms. The van der Waals surface area contributed by atoms with Gasteiger partial charge in [-0.25, -0.2) is 0 Å². The fourth-order valence-corrected chi connectivity index (χ4v) is 3.62. The lowest BCUT2D eigenvalue weighted by molar-refractivity contribution is -0.181. The molecule has 0 aliphatic carbocycles. The van der Waals surface area contributed by atoms with Crippen molar-refractivity contribution >= 4 is 11.6 Å². The third-order valence-corrected chi connectivity index (χ3v) is 4.99. The Labute approximate surface area is 130 Å². The van der Waals surface area contributed by atoms with Crippen LogP contribution in [0.1, 0.15) is 25.3 Å². The van der Waals surface area contributed by atoms with Crippen molar-refractivity contribution in [3.05, 3.63) is 29.8 Å². The maximum Gasteiger partial charge on any atom is 0.293 e. The summed E-state index contributed by atoms with van der Waals surface area (Å²) in [6, 6.07) is 7.83. The van der Waals surface area contributed by atoms with Crippen molar-refractivity contribution in [3.63, 3.8) is 0 Å². The van der Waals surface area contributed by atoms with Crippen LogP contribution in [-0.4, -0.2) is 43.8 Å². The molecule has 4 rings (SSSR count). The maximum atomic E-state index is 13.0. The normalized spacial score (nSPS) is 25.1. The number of amides is 1. The van der Waals surface area contributed by atoms with E-state index in [2.05, 4.69) is 11.8 Å². The Morgan fingerprint density at radius 2 is 1.86 bits per heavy atom. The molecule has 3 heterocycles. The molecule has 0 N–H and O–H groups in total. The fraction of sp³-hybridized carbons (Fsp3) is 0.588. The van der Waals surface area contributed by atoms with Crippen molar-refractivity contribution in [2.45, 2.75) is 25.6 Å². The number of ether oxygens (including phenoxy) is 2. The smallest absolute Gasteiger partial charge is 0.293 e. The Balaban J connectivity index is 1.62. The molecule has 2 saturated heterocycles. The lowest BCUT2D eigenvalue weighted by Crippen LogP contribution is -2.47. The molecule has 0 atom stereocenters. The van der Waals surface area contributed by atoms with Gasteiger partial charge in [0, 0.05) is 18.7 Å². The van der Waals surface area contributed by atoms with Gasteiger partial charge in [-0.05, 0) is 24.8 Å². The summed E-state index contributed by atoms with van der Waals surface area (Å²) in [6.45, 7) is 5.94. The Kier molecular flexibility index (Phi) is 3.44. The highest BCUT2D eigenvalue weighted by atomic mass is 16.7. The van der Waals surface area contributed by atoms with E-state index in [0.717, 1.165) is 30.3 Å². The number of hydrogen-bond donors (Lipinski definition) is 0. The van der Waals surface area contributed by atoms with Crippen LogP contribution in [0.3, 0.4) is 0 Å². The first kappa shape index (κ1) is 14.2. The van der Waals surface area contributed by atoms with Gasteiger partial charge in [-0.1, -0.05) is 25.1 Å². The van der Waals surface area contributed by atoms with Gasteiger partial charge in [0.2, 0.25) is 0 Å². The van der Waals surface area contributed by atoms with Gasteiger partial charge >= 0.3 is 0 Å². The van der Waals surface area contributed by atoms with E-state index in [1.807, 2.05) is 29.2 Å². The predicted octanol–water partition coefficient (Wildman–Crippen LogP) is 1.92. The maximum absolute atomic E-state index is 13.0. The summed E-state index contributed by atoms with van der Waals surface area (Å²) in [5.41, 5.74) is 1.77. The number of anilines is 1. The molecular formula is C17H22N2O3. The van der Waals surface area contributed by atoms with Crippen molar-refractivity contribution in [2.24, 2.45) is 5.92 Å². The molecule has 3 aliphatic heterocycles. The van der Waals surface area contributed by atoms with E-state index < -0.39 is 5.79 Å². The lowest BCUT2D eigenvalue weighted by atomic mass is 10.00. The molecule has 3 aliphatic rings. The minimum atomic E-state index is -1.19.